The molecule has 1 aliphatic heterocycles. The van der Waals surface area contributed by atoms with E-state index in [0.717, 1.165) is 12.8 Å². The summed E-state index contributed by atoms with van der Waals surface area (Å²) in [5.74, 6) is 0. The molecule has 0 amide bonds. The van der Waals surface area contributed by atoms with Crippen LogP contribution in [0.5, 0.6) is 0 Å². The number of nitrogens with zero attached hydrogens (tertiary/aromatic N) is 3. The van der Waals surface area contributed by atoms with E-state index >= 15 is 0 Å². The van der Waals surface area contributed by atoms with Gasteiger partial charge in [-0.2, -0.15) is 4.21 Å². The standard InChI is InChI=1S/C6H9N3O3S/c7-9-8-4-1-2-5-6(3-4)12-13(10)11-5/h4-6H,1-3H2. The van der Waals surface area contributed by atoms with Crippen LogP contribution in [0.2, 0.25) is 0 Å². The van der Waals surface area contributed by atoms with Gasteiger partial charge in [0.05, 0.1) is 0 Å². The van der Waals surface area contributed by atoms with Gasteiger partial charge in [-0.25, -0.2) is 0 Å². The van der Waals surface area contributed by atoms with Crippen LogP contribution in [0.25, 0.3) is 10.4 Å². The van der Waals surface area contributed by atoms with Crippen molar-refractivity contribution in [2.24, 2.45) is 5.11 Å². The molecule has 0 spiro atoms. The molecule has 6 nitrogen and oxygen atoms in total. The Balaban J connectivity index is 2.00. The third-order valence-electron chi connectivity index (χ3n) is 2.32. The van der Waals surface area contributed by atoms with Crippen LogP contribution in [0.3, 0.4) is 0 Å². The molecule has 0 aromatic heterocycles. The van der Waals surface area contributed by atoms with Crippen LogP contribution in [0.1, 0.15) is 19.3 Å². The Kier molecular flexibility index (Phi) is 2.50. The first-order valence-electron chi connectivity index (χ1n) is 4.10. The van der Waals surface area contributed by atoms with Crippen molar-refractivity contribution in [1.29, 1.82) is 0 Å². The minimum atomic E-state index is -1.60. The fraction of sp³-hybridized carbons (Fsp3) is 1.00. The maximum absolute atomic E-state index is 10.8. The first-order chi connectivity index (χ1) is 6.29. The Morgan fingerprint density at radius 2 is 2.15 bits per heavy atom. The molecule has 72 valence electrons. The van der Waals surface area contributed by atoms with Crippen molar-refractivity contribution in [3.63, 3.8) is 0 Å². The first-order valence-corrected chi connectivity index (χ1v) is 5.10. The van der Waals surface area contributed by atoms with Crippen molar-refractivity contribution < 1.29 is 12.6 Å². The van der Waals surface area contributed by atoms with E-state index in [0.29, 0.717) is 6.42 Å². The summed E-state index contributed by atoms with van der Waals surface area (Å²) in [7, 11) is 0. The Bertz CT molecular complexity index is 278. The van der Waals surface area contributed by atoms with Gasteiger partial charge in [-0.15, -0.1) is 0 Å². The smallest absolute Gasteiger partial charge is 0.262 e. The summed E-state index contributed by atoms with van der Waals surface area (Å²) in [5, 5.41) is 3.62. The van der Waals surface area contributed by atoms with Gasteiger partial charge in [-0.3, -0.25) is 8.37 Å². The molecule has 1 saturated carbocycles. The lowest BCUT2D eigenvalue weighted by molar-refractivity contribution is 0.101. The summed E-state index contributed by atoms with van der Waals surface area (Å²) >= 11 is -1.60. The van der Waals surface area contributed by atoms with Gasteiger partial charge < -0.3 is 0 Å². The van der Waals surface area contributed by atoms with Gasteiger partial charge in [0.2, 0.25) is 0 Å². The van der Waals surface area contributed by atoms with Crippen molar-refractivity contribution >= 4 is 11.4 Å². The highest BCUT2D eigenvalue weighted by Gasteiger charge is 2.39. The fourth-order valence-electron chi connectivity index (χ4n) is 1.69. The highest BCUT2D eigenvalue weighted by atomic mass is 32.2. The van der Waals surface area contributed by atoms with Gasteiger partial charge in [-0.1, -0.05) is 5.11 Å². The van der Waals surface area contributed by atoms with Gasteiger partial charge in [0.25, 0.3) is 0 Å². The molecule has 0 N–H and O–H groups in total. The lowest BCUT2D eigenvalue weighted by atomic mass is 9.91. The molecule has 0 bridgehead atoms. The van der Waals surface area contributed by atoms with Crippen LogP contribution >= 0.6 is 0 Å². The summed E-state index contributed by atoms with van der Waals surface area (Å²) in [6.07, 6.45) is 1.91. The van der Waals surface area contributed by atoms with E-state index in [9.17, 15) is 4.21 Å². The first kappa shape index (κ1) is 8.96. The number of hydrogen-bond acceptors (Lipinski definition) is 4. The molecule has 4 atom stereocenters. The van der Waals surface area contributed by atoms with Crippen LogP contribution in [0.15, 0.2) is 5.11 Å². The fourth-order valence-corrected chi connectivity index (χ4v) is 2.57. The van der Waals surface area contributed by atoms with E-state index in [1.165, 1.54) is 0 Å². The molecule has 13 heavy (non-hydrogen) atoms. The average Bonchev–Trinajstić information content (AvgIpc) is 2.44. The predicted molar refractivity (Wildman–Crippen MR) is 44.7 cm³/mol. The van der Waals surface area contributed by atoms with Crippen molar-refractivity contribution in [2.45, 2.75) is 37.5 Å². The predicted octanol–water partition coefficient (Wildman–Crippen LogP) is 1.21. The maximum atomic E-state index is 10.8. The topological polar surface area (TPSA) is 84.3 Å². The Morgan fingerprint density at radius 1 is 1.38 bits per heavy atom. The van der Waals surface area contributed by atoms with Gasteiger partial charge in [0, 0.05) is 11.0 Å². The second kappa shape index (κ2) is 3.63. The van der Waals surface area contributed by atoms with E-state index in [1.807, 2.05) is 0 Å². The van der Waals surface area contributed by atoms with E-state index in [1.54, 1.807) is 0 Å². The van der Waals surface area contributed by atoms with Gasteiger partial charge >= 0.3 is 11.4 Å². The minimum absolute atomic E-state index is 0.0371. The highest BCUT2D eigenvalue weighted by molar-refractivity contribution is 7.75. The molecule has 2 fully saturated rings. The van der Waals surface area contributed by atoms with E-state index in [4.69, 9.17) is 13.9 Å². The third-order valence-corrected chi connectivity index (χ3v) is 3.13. The van der Waals surface area contributed by atoms with E-state index < -0.39 is 11.4 Å². The zero-order valence-corrected chi connectivity index (χ0v) is 7.64. The number of fused-ring (bicyclic) bond motifs is 1. The Hall–Kier alpha value is -0.620. The quantitative estimate of drug-likeness (QED) is 0.364. The van der Waals surface area contributed by atoms with Crippen LogP contribution < -0.4 is 0 Å². The number of rotatable bonds is 1. The Labute approximate surface area is 77.7 Å². The highest BCUT2D eigenvalue weighted by Crippen LogP contribution is 2.32. The van der Waals surface area contributed by atoms with Crippen molar-refractivity contribution in [2.75, 3.05) is 0 Å². The molecule has 0 aromatic rings. The van der Waals surface area contributed by atoms with Gasteiger partial charge in [0.15, 0.2) is 0 Å². The van der Waals surface area contributed by atoms with E-state index in [-0.39, 0.29) is 18.2 Å². The van der Waals surface area contributed by atoms with Crippen molar-refractivity contribution in [3.05, 3.63) is 10.4 Å². The lowest BCUT2D eigenvalue weighted by Gasteiger charge is -2.24. The SMILES string of the molecule is [N-]=[N+]=NC1CCC2OS(=O)OC2C1. The number of azide groups is 1. The van der Waals surface area contributed by atoms with Gasteiger partial charge in [0.1, 0.15) is 12.2 Å². The van der Waals surface area contributed by atoms with Gasteiger partial charge in [-0.05, 0) is 24.8 Å². The second-order valence-electron chi connectivity index (χ2n) is 3.15. The molecule has 1 aliphatic carbocycles. The maximum Gasteiger partial charge on any atom is 0.305 e. The summed E-state index contributed by atoms with van der Waals surface area (Å²) in [6, 6.07) is -0.0371. The summed E-state index contributed by atoms with van der Waals surface area (Å²) < 4.78 is 20.9. The van der Waals surface area contributed by atoms with Crippen molar-refractivity contribution in [1.82, 2.24) is 0 Å². The minimum Gasteiger partial charge on any atom is -0.262 e. The Morgan fingerprint density at radius 3 is 2.92 bits per heavy atom. The summed E-state index contributed by atoms with van der Waals surface area (Å²) in [6.45, 7) is 0. The molecule has 4 unspecified atom stereocenters. The average molecular weight is 203 g/mol. The van der Waals surface area contributed by atoms with Crippen LogP contribution in [-0.4, -0.2) is 22.5 Å². The molecule has 1 heterocycles. The largest absolute Gasteiger partial charge is 0.305 e. The van der Waals surface area contributed by atoms with Crippen LogP contribution in [0.4, 0.5) is 0 Å². The van der Waals surface area contributed by atoms with Crippen LogP contribution in [-0.2, 0) is 19.7 Å². The molecular weight excluding hydrogens is 194 g/mol. The molecule has 2 aliphatic rings. The lowest BCUT2D eigenvalue weighted by Crippen LogP contribution is -2.32. The van der Waals surface area contributed by atoms with Crippen LogP contribution in [0, 0.1) is 0 Å². The van der Waals surface area contributed by atoms with E-state index in [2.05, 4.69) is 10.0 Å². The zero-order valence-electron chi connectivity index (χ0n) is 6.83. The normalized spacial score (nSPS) is 43.7. The summed E-state index contributed by atoms with van der Waals surface area (Å²) in [4.78, 5) is 2.75. The number of hydrogen-bond donors (Lipinski definition) is 0. The zero-order chi connectivity index (χ0) is 9.26. The summed E-state index contributed by atoms with van der Waals surface area (Å²) in [5.41, 5.74) is 8.24. The molecule has 0 radical (unpaired) electrons. The molecule has 0 aromatic carbocycles. The van der Waals surface area contributed by atoms with Crippen molar-refractivity contribution in [3.8, 4) is 0 Å². The molecule has 2 rings (SSSR count). The monoisotopic (exact) mass is 203 g/mol. The molecule has 1 saturated heterocycles. The second-order valence-corrected chi connectivity index (χ2v) is 3.94. The molecular formula is C6H9N3O3S. The molecule has 7 heteroatoms. The third kappa shape index (κ3) is 1.83.